The Balaban J connectivity index is 1.57. The molecule has 1 amide bonds. The lowest BCUT2D eigenvalue weighted by molar-refractivity contribution is -0.917. The number of ether oxygens (including phenoxy) is 1. The predicted octanol–water partition coefficient (Wildman–Crippen LogP) is 1.24. The Kier molecular flexibility index (Phi) is 4.93. The molecule has 2 aromatic carbocycles. The summed E-state index contributed by atoms with van der Waals surface area (Å²) in [4.78, 5) is 15.9. The molecule has 0 radical (unpaired) electrons. The highest BCUT2D eigenvalue weighted by Crippen LogP contribution is 2.16. The van der Waals surface area contributed by atoms with E-state index >= 15 is 0 Å². The van der Waals surface area contributed by atoms with Gasteiger partial charge in [-0.15, -0.1) is 0 Å². The number of nitrogens with zero attached hydrogens (tertiary/aromatic N) is 1. The third kappa shape index (κ3) is 3.71. The summed E-state index contributed by atoms with van der Waals surface area (Å²) >= 11 is 0. The van der Waals surface area contributed by atoms with Crippen LogP contribution in [0.4, 0.5) is 0 Å². The molecule has 3 rings (SSSR count). The molecule has 2 aromatic rings. The molecular formula is C19H23N2O2+. The van der Waals surface area contributed by atoms with E-state index in [4.69, 9.17) is 4.74 Å². The molecule has 1 aliphatic rings. The van der Waals surface area contributed by atoms with E-state index in [9.17, 15) is 4.79 Å². The fourth-order valence-corrected chi connectivity index (χ4v) is 3.08. The molecule has 0 aromatic heterocycles. The Labute approximate surface area is 137 Å². The molecule has 0 spiro atoms. The van der Waals surface area contributed by atoms with Crippen LogP contribution in [0.1, 0.15) is 15.9 Å². The third-order valence-corrected chi connectivity index (χ3v) is 4.41. The van der Waals surface area contributed by atoms with Crippen molar-refractivity contribution in [3.63, 3.8) is 0 Å². The lowest BCUT2D eigenvalue weighted by atomic mass is 10.1. The van der Waals surface area contributed by atoms with E-state index in [-0.39, 0.29) is 5.91 Å². The second-order valence-corrected chi connectivity index (χ2v) is 5.90. The second-order valence-electron chi connectivity index (χ2n) is 5.90. The monoisotopic (exact) mass is 311 g/mol. The molecular weight excluding hydrogens is 288 g/mol. The molecule has 1 N–H and O–H groups in total. The number of para-hydroxylation sites is 1. The highest BCUT2D eigenvalue weighted by Gasteiger charge is 2.25. The van der Waals surface area contributed by atoms with Gasteiger partial charge in [0.15, 0.2) is 0 Å². The van der Waals surface area contributed by atoms with Crippen molar-refractivity contribution in [3.05, 3.63) is 65.7 Å². The van der Waals surface area contributed by atoms with Gasteiger partial charge < -0.3 is 14.5 Å². The van der Waals surface area contributed by atoms with Gasteiger partial charge in [-0.1, -0.05) is 30.3 Å². The highest BCUT2D eigenvalue weighted by molar-refractivity contribution is 5.94. The van der Waals surface area contributed by atoms with Gasteiger partial charge >= 0.3 is 0 Å². The van der Waals surface area contributed by atoms with Crippen LogP contribution in [0.15, 0.2) is 54.6 Å². The van der Waals surface area contributed by atoms with E-state index in [1.807, 2.05) is 53.4 Å². The lowest BCUT2D eigenvalue weighted by Gasteiger charge is -2.32. The Morgan fingerprint density at radius 2 is 1.70 bits per heavy atom. The van der Waals surface area contributed by atoms with Gasteiger partial charge in [0.2, 0.25) is 0 Å². The maximum atomic E-state index is 12.5. The number of hydrogen-bond donors (Lipinski definition) is 1. The van der Waals surface area contributed by atoms with Crippen molar-refractivity contribution < 1.29 is 14.4 Å². The number of quaternary nitrogens is 1. The molecule has 0 bridgehead atoms. The van der Waals surface area contributed by atoms with Crippen LogP contribution in [-0.2, 0) is 6.54 Å². The number of methoxy groups -OCH3 is 1. The molecule has 4 heteroatoms. The first-order chi connectivity index (χ1) is 11.3. The van der Waals surface area contributed by atoms with Crippen LogP contribution in [0.3, 0.4) is 0 Å². The maximum absolute atomic E-state index is 12.5. The fraction of sp³-hybridized carbons (Fsp3) is 0.316. The smallest absolute Gasteiger partial charge is 0.254 e. The van der Waals surface area contributed by atoms with Crippen LogP contribution < -0.4 is 9.64 Å². The van der Waals surface area contributed by atoms with Crippen LogP contribution in [0.5, 0.6) is 5.75 Å². The van der Waals surface area contributed by atoms with Crippen LogP contribution in [0, 0.1) is 0 Å². The van der Waals surface area contributed by atoms with E-state index in [0.29, 0.717) is 0 Å². The van der Waals surface area contributed by atoms with Crippen molar-refractivity contribution >= 4 is 5.91 Å². The van der Waals surface area contributed by atoms with Gasteiger partial charge in [0, 0.05) is 11.1 Å². The largest absolute Gasteiger partial charge is 0.496 e. The van der Waals surface area contributed by atoms with E-state index in [0.717, 1.165) is 44.0 Å². The van der Waals surface area contributed by atoms with Gasteiger partial charge in [-0.25, -0.2) is 0 Å². The summed E-state index contributed by atoms with van der Waals surface area (Å²) in [5.41, 5.74) is 2.01. The number of rotatable bonds is 4. The number of nitrogens with one attached hydrogen (secondary N) is 1. The normalized spacial score (nSPS) is 15.4. The van der Waals surface area contributed by atoms with Crippen molar-refractivity contribution in [2.24, 2.45) is 0 Å². The summed E-state index contributed by atoms with van der Waals surface area (Å²) in [6.45, 7) is 4.49. The number of amides is 1. The molecule has 0 aliphatic carbocycles. The summed E-state index contributed by atoms with van der Waals surface area (Å²) in [5.74, 6) is 1.09. The number of hydrogen-bond acceptors (Lipinski definition) is 2. The van der Waals surface area contributed by atoms with Gasteiger partial charge in [-0.2, -0.15) is 0 Å². The van der Waals surface area contributed by atoms with E-state index in [1.54, 1.807) is 7.11 Å². The zero-order valence-corrected chi connectivity index (χ0v) is 13.5. The molecule has 1 aliphatic heterocycles. The lowest BCUT2D eigenvalue weighted by Crippen LogP contribution is -3.13. The standard InChI is InChI=1S/C19H22N2O2/c1-23-18-10-6-5-9-17(18)15-20-11-13-21(14-12-20)19(22)16-7-3-2-4-8-16/h2-10H,11-15H2,1H3/p+1. The minimum absolute atomic E-state index is 0.141. The number of carbonyl (C=O) groups is 1. The highest BCUT2D eigenvalue weighted by atomic mass is 16.5. The number of benzene rings is 2. The fourth-order valence-electron chi connectivity index (χ4n) is 3.08. The number of piperazine rings is 1. The summed E-state index contributed by atoms with van der Waals surface area (Å²) < 4.78 is 5.43. The van der Waals surface area contributed by atoms with Crippen LogP contribution >= 0.6 is 0 Å². The Hall–Kier alpha value is -2.33. The molecule has 1 heterocycles. The topological polar surface area (TPSA) is 34.0 Å². The van der Waals surface area contributed by atoms with E-state index in [2.05, 4.69) is 6.07 Å². The minimum Gasteiger partial charge on any atom is -0.496 e. The van der Waals surface area contributed by atoms with E-state index in [1.165, 1.54) is 10.5 Å². The van der Waals surface area contributed by atoms with Gasteiger partial charge in [-0.05, 0) is 24.3 Å². The first-order valence-electron chi connectivity index (χ1n) is 8.07. The zero-order chi connectivity index (χ0) is 16.1. The number of carbonyl (C=O) groups excluding carboxylic acids is 1. The van der Waals surface area contributed by atoms with Crippen LogP contribution in [0.2, 0.25) is 0 Å². The third-order valence-electron chi connectivity index (χ3n) is 4.41. The Morgan fingerprint density at radius 1 is 1.04 bits per heavy atom. The molecule has 120 valence electrons. The van der Waals surface area contributed by atoms with Crippen molar-refractivity contribution in [1.82, 2.24) is 4.90 Å². The van der Waals surface area contributed by atoms with Gasteiger partial charge in [0.25, 0.3) is 5.91 Å². The second kappa shape index (κ2) is 7.29. The van der Waals surface area contributed by atoms with Crippen LogP contribution in [-0.4, -0.2) is 44.1 Å². The quantitative estimate of drug-likeness (QED) is 0.922. The Bertz CT molecular complexity index is 649. The van der Waals surface area contributed by atoms with Gasteiger partial charge in [0.05, 0.1) is 33.3 Å². The van der Waals surface area contributed by atoms with Gasteiger partial charge in [0.1, 0.15) is 12.3 Å². The minimum atomic E-state index is 0.141. The summed E-state index contributed by atoms with van der Waals surface area (Å²) in [6, 6.07) is 17.7. The Morgan fingerprint density at radius 3 is 2.39 bits per heavy atom. The maximum Gasteiger partial charge on any atom is 0.254 e. The molecule has 0 unspecified atom stereocenters. The molecule has 4 nitrogen and oxygen atoms in total. The molecule has 0 atom stereocenters. The average molecular weight is 311 g/mol. The summed E-state index contributed by atoms with van der Waals surface area (Å²) in [7, 11) is 1.71. The van der Waals surface area contributed by atoms with Crippen LogP contribution in [0.25, 0.3) is 0 Å². The first-order valence-corrected chi connectivity index (χ1v) is 8.07. The molecule has 1 fully saturated rings. The van der Waals surface area contributed by atoms with Crippen molar-refractivity contribution in [3.8, 4) is 5.75 Å². The molecule has 0 saturated carbocycles. The summed E-state index contributed by atoms with van der Waals surface area (Å²) in [6.07, 6.45) is 0. The summed E-state index contributed by atoms with van der Waals surface area (Å²) in [5, 5.41) is 0. The molecule has 1 saturated heterocycles. The van der Waals surface area contributed by atoms with Crippen molar-refractivity contribution in [1.29, 1.82) is 0 Å². The average Bonchev–Trinajstić information content (AvgIpc) is 2.63. The van der Waals surface area contributed by atoms with Crippen molar-refractivity contribution in [2.45, 2.75) is 6.54 Å². The first kappa shape index (κ1) is 15.6. The SMILES string of the molecule is COc1ccccc1C[NH+]1CCN(C(=O)c2ccccc2)CC1. The molecule has 23 heavy (non-hydrogen) atoms. The van der Waals surface area contributed by atoms with Crippen molar-refractivity contribution in [2.75, 3.05) is 33.3 Å². The predicted molar refractivity (Wildman–Crippen MR) is 89.7 cm³/mol. The zero-order valence-electron chi connectivity index (χ0n) is 13.5. The van der Waals surface area contributed by atoms with E-state index < -0.39 is 0 Å². The van der Waals surface area contributed by atoms with Gasteiger partial charge in [-0.3, -0.25) is 4.79 Å².